The zero-order valence-corrected chi connectivity index (χ0v) is 17.2. The van der Waals surface area contributed by atoms with Gasteiger partial charge in [0.25, 0.3) is 11.6 Å². The maximum absolute atomic E-state index is 12.7. The lowest BCUT2D eigenvalue weighted by Gasteiger charge is -2.28. The van der Waals surface area contributed by atoms with Crippen molar-refractivity contribution < 1.29 is 33.5 Å². The van der Waals surface area contributed by atoms with Gasteiger partial charge in [-0.2, -0.15) is 0 Å². The van der Waals surface area contributed by atoms with Crippen LogP contribution in [0.15, 0.2) is 36.4 Å². The highest BCUT2D eigenvalue weighted by molar-refractivity contribution is 5.98. The van der Waals surface area contributed by atoms with Gasteiger partial charge in [0.05, 0.1) is 23.6 Å². The number of ether oxygens (including phenoxy) is 4. The summed E-state index contributed by atoms with van der Waals surface area (Å²) < 4.78 is 22.2. The Hall–Kier alpha value is -3.82. The van der Waals surface area contributed by atoms with Crippen LogP contribution in [0.3, 0.4) is 0 Å². The van der Waals surface area contributed by atoms with E-state index in [1.165, 1.54) is 23.1 Å². The van der Waals surface area contributed by atoms with Gasteiger partial charge in [0.2, 0.25) is 5.75 Å². The van der Waals surface area contributed by atoms with Gasteiger partial charge >= 0.3 is 5.97 Å². The zero-order chi connectivity index (χ0) is 22.4. The molecule has 0 saturated heterocycles. The van der Waals surface area contributed by atoms with E-state index in [2.05, 4.69) is 0 Å². The molecule has 0 fully saturated rings. The number of fused-ring (bicyclic) bond motifs is 1. The van der Waals surface area contributed by atoms with Gasteiger partial charge in [0.1, 0.15) is 12.4 Å². The average Bonchev–Trinajstić information content (AvgIpc) is 2.77. The van der Waals surface area contributed by atoms with E-state index in [-0.39, 0.29) is 43.3 Å². The molecular weight excluding hydrogens is 408 g/mol. The third-order valence-electron chi connectivity index (χ3n) is 4.43. The molecule has 0 atom stereocenters. The predicted octanol–water partition coefficient (Wildman–Crippen LogP) is 3.18. The summed E-state index contributed by atoms with van der Waals surface area (Å²) in [5.74, 6) is 0.322. The van der Waals surface area contributed by atoms with Gasteiger partial charge < -0.3 is 23.8 Å². The number of hydrogen-bond acceptors (Lipinski definition) is 8. The van der Waals surface area contributed by atoms with E-state index in [9.17, 15) is 19.7 Å². The highest BCUT2D eigenvalue weighted by Gasteiger charge is 2.28. The van der Waals surface area contributed by atoms with Crippen LogP contribution in [0.1, 0.15) is 30.6 Å². The number of carbonyl (C=O) groups is 2. The third-order valence-corrected chi connectivity index (χ3v) is 4.43. The summed E-state index contributed by atoms with van der Waals surface area (Å²) in [6.45, 7) is 4.08. The van der Waals surface area contributed by atoms with Crippen molar-refractivity contribution in [2.75, 3.05) is 26.5 Å². The monoisotopic (exact) mass is 430 g/mol. The van der Waals surface area contributed by atoms with Crippen LogP contribution in [0.25, 0.3) is 0 Å². The van der Waals surface area contributed by atoms with Gasteiger partial charge in [-0.3, -0.25) is 19.7 Å². The summed E-state index contributed by atoms with van der Waals surface area (Å²) in [5.41, 5.74) is -0.0692. The molecule has 2 aromatic rings. The summed E-state index contributed by atoms with van der Waals surface area (Å²) in [7, 11) is 0. The van der Waals surface area contributed by atoms with E-state index in [0.29, 0.717) is 23.9 Å². The van der Waals surface area contributed by atoms with Gasteiger partial charge in [0.15, 0.2) is 18.2 Å². The van der Waals surface area contributed by atoms with E-state index in [1.54, 1.807) is 25.1 Å². The van der Waals surface area contributed by atoms with Crippen molar-refractivity contribution >= 4 is 17.6 Å². The lowest BCUT2D eigenvalue weighted by molar-refractivity contribution is -0.384. The van der Waals surface area contributed by atoms with Crippen LogP contribution in [-0.4, -0.2) is 48.2 Å². The first-order chi connectivity index (χ1) is 14.9. The van der Waals surface area contributed by atoms with Crippen molar-refractivity contribution in [3.05, 3.63) is 52.1 Å². The Kier molecular flexibility index (Phi) is 6.91. The minimum Gasteiger partial charge on any atom is -0.490 e. The third kappa shape index (κ3) is 5.03. The van der Waals surface area contributed by atoms with Crippen LogP contribution in [0, 0.1) is 10.1 Å². The maximum Gasteiger partial charge on any atom is 0.311 e. The quantitative estimate of drug-likeness (QED) is 0.258. The molecule has 0 aromatic heterocycles. The number of non-ortho nitro benzene ring substituents is 1. The Labute approximate surface area is 178 Å². The molecular formula is C21H22N2O8. The maximum atomic E-state index is 12.7. The fraction of sp³-hybridized carbons (Fsp3) is 0.333. The molecule has 0 radical (unpaired) electrons. The second-order valence-corrected chi connectivity index (χ2v) is 6.47. The summed E-state index contributed by atoms with van der Waals surface area (Å²) in [6, 6.07) is 8.89. The van der Waals surface area contributed by atoms with Crippen LogP contribution < -0.4 is 18.9 Å². The normalized spacial score (nSPS) is 12.6. The molecule has 0 N–H and O–H groups in total. The largest absolute Gasteiger partial charge is 0.490 e. The summed E-state index contributed by atoms with van der Waals surface area (Å²) in [5, 5.41) is 11.0. The Morgan fingerprint density at radius 3 is 2.61 bits per heavy atom. The molecule has 0 bridgehead atoms. The highest BCUT2D eigenvalue weighted by atomic mass is 16.6. The number of esters is 1. The topological polar surface area (TPSA) is 117 Å². The van der Waals surface area contributed by atoms with Crippen molar-refractivity contribution in [3.63, 3.8) is 0 Å². The SMILES string of the molecule is CCOc1cccc(OCCN2COc3ccc([N+](=O)[O-])cc3C2=O)c1OC(=O)CC. The second kappa shape index (κ2) is 9.79. The van der Waals surface area contributed by atoms with E-state index < -0.39 is 16.8 Å². The van der Waals surface area contributed by atoms with Crippen molar-refractivity contribution in [2.45, 2.75) is 20.3 Å². The van der Waals surface area contributed by atoms with Gasteiger partial charge in [0, 0.05) is 18.6 Å². The number of rotatable bonds is 9. The van der Waals surface area contributed by atoms with E-state index in [0.717, 1.165) is 0 Å². The van der Waals surface area contributed by atoms with E-state index in [4.69, 9.17) is 18.9 Å². The molecule has 1 heterocycles. The standard InChI is InChI=1S/C21H22N2O8/c1-3-19(24)31-20-17(28-4-2)6-5-7-18(20)29-11-10-22-13-30-16-9-8-14(23(26)27)12-15(16)21(22)25/h5-9,12H,3-4,10-11,13H2,1-2H3. The number of nitro benzene ring substituents is 1. The van der Waals surface area contributed by atoms with Crippen molar-refractivity contribution in [2.24, 2.45) is 0 Å². The minimum atomic E-state index is -0.569. The summed E-state index contributed by atoms with van der Waals surface area (Å²) >= 11 is 0. The number of nitro groups is 1. The smallest absolute Gasteiger partial charge is 0.311 e. The van der Waals surface area contributed by atoms with Crippen molar-refractivity contribution in [1.29, 1.82) is 0 Å². The number of para-hydroxylation sites is 1. The minimum absolute atomic E-state index is 0.0103. The highest BCUT2D eigenvalue weighted by Crippen LogP contribution is 2.37. The molecule has 164 valence electrons. The molecule has 10 nitrogen and oxygen atoms in total. The number of hydrogen-bond donors (Lipinski definition) is 0. The van der Waals surface area contributed by atoms with Gasteiger partial charge in [-0.15, -0.1) is 0 Å². The molecule has 10 heteroatoms. The number of amides is 1. The summed E-state index contributed by atoms with van der Waals surface area (Å²) in [4.78, 5) is 36.3. The molecule has 2 aromatic carbocycles. The molecule has 0 aliphatic carbocycles. The first-order valence-electron chi connectivity index (χ1n) is 9.74. The Bertz CT molecular complexity index is 991. The lowest BCUT2D eigenvalue weighted by Crippen LogP contribution is -2.41. The molecule has 0 saturated carbocycles. The molecule has 3 rings (SSSR count). The van der Waals surface area contributed by atoms with Crippen molar-refractivity contribution in [3.8, 4) is 23.0 Å². The fourth-order valence-electron chi connectivity index (χ4n) is 2.90. The van der Waals surface area contributed by atoms with Crippen LogP contribution in [0.2, 0.25) is 0 Å². The molecule has 0 spiro atoms. The average molecular weight is 430 g/mol. The van der Waals surface area contributed by atoms with Crippen LogP contribution in [-0.2, 0) is 4.79 Å². The van der Waals surface area contributed by atoms with E-state index in [1.807, 2.05) is 6.92 Å². The van der Waals surface area contributed by atoms with Crippen LogP contribution >= 0.6 is 0 Å². The summed E-state index contributed by atoms with van der Waals surface area (Å²) in [6.07, 6.45) is 0.186. The fourth-order valence-corrected chi connectivity index (χ4v) is 2.90. The predicted molar refractivity (Wildman–Crippen MR) is 109 cm³/mol. The first kappa shape index (κ1) is 21.9. The van der Waals surface area contributed by atoms with Crippen molar-refractivity contribution in [1.82, 2.24) is 4.90 Å². The van der Waals surface area contributed by atoms with Gasteiger partial charge in [-0.25, -0.2) is 0 Å². The number of carbonyl (C=O) groups excluding carboxylic acids is 2. The molecule has 1 aliphatic rings. The van der Waals surface area contributed by atoms with E-state index >= 15 is 0 Å². The number of nitrogens with zero attached hydrogens (tertiary/aromatic N) is 2. The lowest BCUT2D eigenvalue weighted by atomic mass is 10.1. The molecule has 0 unspecified atom stereocenters. The number of benzene rings is 2. The Morgan fingerprint density at radius 1 is 1.19 bits per heavy atom. The van der Waals surface area contributed by atoms with Gasteiger partial charge in [-0.05, 0) is 25.1 Å². The molecule has 1 amide bonds. The molecule has 31 heavy (non-hydrogen) atoms. The molecule has 1 aliphatic heterocycles. The van der Waals surface area contributed by atoms with Crippen LogP contribution in [0.5, 0.6) is 23.0 Å². The Morgan fingerprint density at radius 2 is 1.94 bits per heavy atom. The second-order valence-electron chi connectivity index (χ2n) is 6.47. The zero-order valence-electron chi connectivity index (χ0n) is 17.2. The van der Waals surface area contributed by atoms with Gasteiger partial charge in [-0.1, -0.05) is 13.0 Å². The van der Waals surface area contributed by atoms with Crippen LogP contribution in [0.4, 0.5) is 5.69 Å². The first-order valence-corrected chi connectivity index (χ1v) is 9.74. The Balaban J connectivity index is 1.70.